The molecule has 1 saturated heterocycles. The lowest BCUT2D eigenvalue weighted by Gasteiger charge is -2.39. The minimum atomic E-state index is -0.400. The molecule has 5 heteroatoms. The second-order valence-electron chi connectivity index (χ2n) is 6.78. The van der Waals surface area contributed by atoms with Crippen LogP contribution >= 0.6 is 11.6 Å². The number of ether oxygens (including phenoxy) is 1. The summed E-state index contributed by atoms with van der Waals surface area (Å²) in [5.41, 5.74) is -0.400. The van der Waals surface area contributed by atoms with Crippen LogP contribution in [-0.4, -0.2) is 30.0 Å². The molecule has 1 unspecified atom stereocenters. The molecule has 1 aliphatic heterocycles. The van der Waals surface area contributed by atoms with Gasteiger partial charge in [0, 0.05) is 12.0 Å². The maximum Gasteiger partial charge on any atom is 0.228 e. The van der Waals surface area contributed by atoms with Gasteiger partial charge in [-0.2, -0.15) is 0 Å². The van der Waals surface area contributed by atoms with Crippen LogP contribution in [0.15, 0.2) is 18.2 Å². The Bertz CT molecular complexity index is 542. The van der Waals surface area contributed by atoms with Crippen molar-refractivity contribution in [1.82, 2.24) is 4.90 Å². The number of halogens is 2. The molecule has 0 aliphatic carbocycles. The van der Waals surface area contributed by atoms with Gasteiger partial charge in [-0.15, -0.1) is 0 Å². The number of piperidine rings is 1. The highest BCUT2D eigenvalue weighted by molar-refractivity contribution is 6.32. The lowest BCUT2D eigenvalue weighted by molar-refractivity contribution is -0.144. The Hall–Kier alpha value is -1.29. The van der Waals surface area contributed by atoms with Gasteiger partial charge in [0.15, 0.2) is 0 Å². The van der Waals surface area contributed by atoms with Crippen LogP contribution in [0.1, 0.15) is 40.0 Å². The van der Waals surface area contributed by atoms with E-state index in [0.717, 1.165) is 25.8 Å². The van der Waals surface area contributed by atoms with Crippen molar-refractivity contribution in [3.05, 3.63) is 29.0 Å². The Kier molecular flexibility index (Phi) is 5.32. The van der Waals surface area contributed by atoms with Crippen LogP contribution in [0, 0.1) is 11.2 Å². The predicted octanol–water partition coefficient (Wildman–Crippen LogP) is 4.29. The standard InChI is InChI=1S/C17H23ClFNO2/c1-17(2,3)16(21)20-9-5-4-6-13(20)11-22-15-8-7-12(19)10-14(15)18/h7-8,10,13H,4-6,9,11H2,1-3H3. The topological polar surface area (TPSA) is 29.5 Å². The van der Waals surface area contributed by atoms with Gasteiger partial charge in [0.25, 0.3) is 0 Å². The first-order valence-corrected chi connectivity index (χ1v) is 8.06. The quantitative estimate of drug-likeness (QED) is 0.829. The number of benzene rings is 1. The highest BCUT2D eigenvalue weighted by atomic mass is 35.5. The average molecular weight is 328 g/mol. The average Bonchev–Trinajstić information content (AvgIpc) is 2.45. The van der Waals surface area contributed by atoms with Crippen LogP contribution in [0.25, 0.3) is 0 Å². The van der Waals surface area contributed by atoms with Gasteiger partial charge >= 0.3 is 0 Å². The second-order valence-corrected chi connectivity index (χ2v) is 7.19. The first kappa shape index (κ1) is 17.1. The molecule has 1 atom stereocenters. The number of hydrogen-bond acceptors (Lipinski definition) is 2. The van der Waals surface area contributed by atoms with Crippen LogP contribution in [0.2, 0.25) is 5.02 Å². The zero-order chi connectivity index (χ0) is 16.3. The first-order chi connectivity index (χ1) is 10.3. The van der Waals surface area contributed by atoms with Crippen molar-refractivity contribution < 1.29 is 13.9 Å². The number of likely N-dealkylation sites (tertiary alicyclic amines) is 1. The molecule has 1 aliphatic rings. The van der Waals surface area contributed by atoms with Crippen molar-refractivity contribution in [3.8, 4) is 5.75 Å². The largest absolute Gasteiger partial charge is 0.490 e. The number of nitrogens with zero attached hydrogens (tertiary/aromatic N) is 1. The number of rotatable bonds is 3. The molecule has 22 heavy (non-hydrogen) atoms. The Morgan fingerprint density at radius 3 is 2.77 bits per heavy atom. The third-order valence-corrected chi connectivity index (χ3v) is 4.15. The number of hydrogen-bond donors (Lipinski definition) is 0. The third kappa shape index (κ3) is 4.13. The molecule has 3 nitrogen and oxygen atoms in total. The van der Waals surface area contributed by atoms with Gasteiger partial charge in [-0.1, -0.05) is 32.4 Å². The molecule has 1 aromatic rings. The van der Waals surface area contributed by atoms with Crippen molar-refractivity contribution in [2.24, 2.45) is 5.41 Å². The van der Waals surface area contributed by atoms with Gasteiger partial charge in [-0.25, -0.2) is 4.39 Å². The molecule has 0 bridgehead atoms. The Morgan fingerprint density at radius 2 is 2.14 bits per heavy atom. The van der Waals surface area contributed by atoms with Gasteiger partial charge in [0.05, 0.1) is 11.1 Å². The minimum Gasteiger partial charge on any atom is -0.490 e. The van der Waals surface area contributed by atoms with E-state index in [2.05, 4.69) is 0 Å². The Labute approximate surface area is 136 Å². The summed E-state index contributed by atoms with van der Waals surface area (Å²) in [6.45, 7) is 6.94. The van der Waals surface area contributed by atoms with E-state index < -0.39 is 5.41 Å². The van der Waals surface area contributed by atoms with Crippen LogP contribution < -0.4 is 4.74 Å². The van der Waals surface area contributed by atoms with E-state index in [4.69, 9.17) is 16.3 Å². The van der Waals surface area contributed by atoms with Crippen molar-refractivity contribution in [2.45, 2.75) is 46.1 Å². The maximum absolute atomic E-state index is 13.0. The fourth-order valence-corrected chi connectivity index (χ4v) is 2.87. The van der Waals surface area contributed by atoms with Crippen molar-refractivity contribution in [2.75, 3.05) is 13.2 Å². The normalized spacial score (nSPS) is 19.1. The summed E-state index contributed by atoms with van der Waals surface area (Å²) in [6, 6.07) is 4.12. The molecule has 0 radical (unpaired) electrons. The van der Waals surface area contributed by atoms with Crippen molar-refractivity contribution in [3.63, 3.8) is 0 Å². The van der Waals surface area contributed by atoms with Crippen LogP contribution in [0.5, 0.6) is 5.75 Å². The van der Waals surface area contributed by atoms with Crippen molar-refractivity contribution in [1.29, 1.82) is 0 Å². The highest BCUT2D eigenvalue weighted by Crippen LogP contribution is 2.28. The summed E-state index contributed by atoms with van der Waals surface area (Å²) in [5, 5.41) is 0.254. The molecular weight excluding hydrogens is 305 g/mol. The van der Waals surface area contributed by atoms with Crippen LogP contribution in [0.3, 0.4) is 0 Å². The SMILES string of the molecule is CC(C)(C)C(=O)N1CCCCC1COc1ccc(F)cc1Cl. The van der Waals surface area contributed by atoms with Gasteiger partial charge in [0.2, 0.25) is 5.91 Å². The molecule has 0 saturated carbocycles. The molecule has 1 amide bonds. The molecule has 0 spiro atoms. The summed E-state index contributed by atoms with van der Waals surface area (Å²) in [4.78, 5) is 14.5. The van der Waals surface area contributed by atoms with E-state index in [1.54, 1.807) is 0 Å². The summed E-state index contributed by atoms with van der Waals surface area (Å²) in [5.74, 6) is 0.211. The maximum atomic E-state index is 13.0. The monoisotopic (exact) mass is 327 g/mol. The summed E-state index contributed by atoms with van der Waals surface area (Å²) < 4.78 is 18.8. The van der Waals surface area contributed by atoms with E-state index in [1.165, 1.54) is 18.2 Å². The Balaban J connectivity index is 2.04. The number of amides is 1. The van der Waals surface area contributed by atoms with Gasteiger partial charge < -0.3 is 9.64 Å². The number of carbonyl (C=O) groups is 1. The first-order valence-electron chi connectivity index (χ1n) is 7.68. The fourth-order valence-electron chi connectivity index (χ4n) is 2.65. The van der Waals surface area contributed by atoms with E-state index in [-0.39, 0.29) is 22.8 Å². The Morgan fingerprint density at radius 1 is 1.41 bits per heavy atom. The zero-order valence-corrected chi connectivity index (χ0v) is 14.1. The highest BCUT2D eigenvalue weighted by Gasteiger charge is 2.33. The lowest BCUT2D eigenvalue weighted by atomic mass is 9.91. The smallest absolute Gasteiger partial charge is 0.228 e. The lowest BCUT2D eigenvalue weighted by Crippen LogP contribution is -2.50. The molecule has 122 valence electrons. The molecule has 0 aromatic heterocycles. The van der Waals surface area contributed by atoms with Crippen LogP contribution in [0.4, 0.5) is 4.39 Å². The molecule has 0 N–H and O–H groups in total. The summed E-state index contributed by atoms with van der Waals surface area (Å²) in [6.07, 6.45) is 3.02. The van der Waals surface area contributed by atoms with E-state index >= 15 is 0 Å². The molecule has 1 fully saturated rings. The molecule has 2 rings (SSSR count). The third-order valence-electron chi connectivity index (χ3n) is 3.85. The van der Waals surface area contributed by atoms with Crippen LogP contribution in [-0.2, 0) is 4.79 Å². The summed E-state index contributed by atoms with van der Waals surface area (Å²) >= 11 is 5.97. The predicted molar refractivity (Wildman–Crippen MR) is 85.7 cm³/mol. The van der Waals surface area contributed by atoms with Crippen molar-refractivity contribution >= 4 is 17.5 Å². The fraction of sp³-hybridized carbons (Fsp3) is 0.588. The van der Waals surface area contributed by atoms with E-state index in [1.807, 2.05) is 25.7 Å². The van der Waals surface area contributed by atoms with E-state index in [0.29, 0.717) is 12.4 Å². The van der Waals surface area contributed by atoms with E-state index in [9.17, 15) is 9.18 Å². The summed E-state index contributed by atoms with van der Waals surface area (Å²) in [7, 11) is 0. The zero-order valence-electron chi connectivity index (χ0n) is 13.4. The molecular formula is C17H23ClFNO2. The van der Waals surface area contributed by atoms with Gasteiger partial charge in [-0.3, -0.25) is 4.79 Å². The minimum absolute atomic E-state index is 0.0431. The molecule has 1 aromatic carbocycles. The van der Waals surface area contributed by atoms with Gasteiger partial charge in [-0.05, 0) is 37.5 Å². The molecule has 1 heterocycles. The second kappa shape index (κ2) is 6.86. The number of carbonyl (C=O) groups excluding carboxylic acids is 1. The van der Waals surface area contributed by atoms with Gasteiger partial charge in [0.1, 0.15) is 18.2 Å².